The quantitative estimate of drug-likeness (QED) is 0.508. The van der Waals surface area contributed by atoms with Crippen LogP contribution >= 0.6 is 0 Å². The molecule has 2 aromatic carbocycles. The van der Waals surface area contributed by atoms with E-state index in [4.69, 9.17) is 0 Å². The van der Waals surface area contributed by atoms with Gasteiger partial charge in [-0.2, -0.15) is 0 Å². The van der Waals surface area contributed by atoms with Gasteiger partial charge in [0.1, 0.15) is 0 Å². The first-order chi connectivity index (χ1) is 4.97. The van der Waals surface area contributed by atoms with Crippen molar-refractivity contribution in [1.29, 1.82) is 0 Å². The maximum Gasteiger partial charge on any atom is -0.00928 e. The van der Waals surface area contributed by atoms with Crippen molar-refractivity contribution in [3.63, 3.8) is 0 Å². The number of fused-ring (bicyclic) bond motifs is 1. The predicted octanol–water partition coefficient (Wildman–Crippen LogP) is 2.44. The van der Waals surface area contributed by atoms with Gasteiger partial charge in [-0.05, 0) is 35.0 Å². The Bertz CT molecular complexity index is 271. The third-order valence-corrected chi connectivity index (χ3v) is 1.51. The van der Waals surface area contributed by atoms with Gasteiger partial charge in [0.25, 0.3) is 0 Å². The zero-order valence-corrected chi connectivity index (χ0v) is 5.46. The molecule has 2 rings (SSSR count). The van der Waals surface area contributed by atoms with E-state index in [-0.39, 0.29) is 0 Å². The summed E-state index contributed by atoms with van der Waals surface area (Å²) in [6.45, 7) is 0. The third-order valence-electron chi connectivity index (χ3n) is 1.51. The summed E-state index contributed by atoms with van der Waals surface area (Å²) in [7, 11) is 0. The summed E-state index contributed by atoms with van der Waals surface area (Å²) in [5, 5.41) is 2.35. The lowest BCUT2D eigenvalue weighted by atomic mass is 10.1. The van der Waals surface area contributed by atoms with Gasteiger partial charge >= 0.3 is 0 Å². The minimum atomic E-state index is 1.15. The number of rotatable bonds is 0. The van der Waals surface area contributed by atoms with Crippen LogP contribution in [0.15, 0.2) is 36.4 Å². The molecule has 0 fully saturated rings. The maximum absolute atomic E-state index is 3.10. The lowest BCUT2D eigenvalue weighted by molar-refractivity contribution is 1.73. The molecule has 46 valence electrons. The van der Waals surface area contributed by atoms with Crippen LogP contribution in [0.4, 0.5) is 0 Å². The zero-order valence-electron chi connectivity index (χ0n) is 5.46. The van der Waals surface area contributed by atoms with Gasteiger partial charge in [-0.15, -0.1) is 0 Å². The fraction of sp³-hybridized carbons (Fsp3) is 0. The highest BCUT2D eigenvalue weighted by Crippen LogP contribution is 2.10. The minimum absolute atomic E-state index is 1.15. The molecule has 2 radical (unpaired) electrons. The van der Waals surface area contributed by atoms with Gasteiger partial charge in [-0.1, -0.05) is 24.3 Å². The minimum Gasteiger partial charge on any atom is -0.0616 e. The Balaban J connectivity index is 2.89. The zero-order chi connectivity index (χ0) is 6.81. The van der Waals surface area contributed by atoms with Crippen LogP contribution in [0.1, 0.15) is 0 Å². The molecule has 0 heteroatoms. The van der Waals surface area contributed by atoms with Crippen LogP contribution in [0.25, 0.3) is 10.8 Å². The molecule has 0 nitrogen and oxygen atoms in total. The summed E-state index contributed by atoms with van der Waals surface area (Å²) in [5.74, 6) is 0. The van der Waals surface area contributed by atoms with E-state index in [1.54, 1.807) is 0 Å². The van der Waals surface area contributed by atoms with E-state index >= 15 is 0 Å². The average Bonchev–Trinajstić information content (AvgIpc) is 2.05. The lowest BCUT2D eigenvalue weighted by Crippen LogP contribution is -1.68. The van der Waals surface area contributed by atoms with Crippen molar-refractivity contribution in [3.8, 4) is 0 Å². The molecule has 0 saturated carbocycles. The van der Waals surface area contributed by atoms with E-state index < -0.39 is 0 Å². The molecule has 0 spiro atoms. The van der Waals surface area contributed by atoms with Crippen LogP contribution < -0.4 is 0 Å². The Morgan fingerprint density at radius 2 is 2.00 bits per heavy atom. The van der Waals surface area contributed by atoms with Crippen LogP contribution in [0.5, 0.6) is 0 Å². The fourth-order valence-corrected chi connectivity index (χ4v) is 1.01. The highest BCUT2D eigenvalue weighted by Gasteiger charge is 1.86. The number of hydrogen-bond donors (Lipinski definition) is 0. The summed E-state index contributed by atoms with van der Waals surface area (Å²) in [5.41, 5.74) is 0. The van der Waals surface area contributed by atoms with Gasteiger partial charge in [-0.3, -0.25) is 0 Å². The molecule has 0 unspecified atom stereocenters. The van der Waals surface area contributed by atoms with Crippen LogP contribution in [0.3, 0.4) is 0 Å². The summed E-state index contributed by atoms with van der Waals surface area (Å²) < 4.78 is 0. The van der Waals surface area contributed by atoms with E-state index in [0.717, 1.165) is 5.39 Å². The van der Waals surface area contributed by atoms with Gasteiger partial charge in [0.2, 0.25) is 0 Å². The van der Waals surface area contributed by atoms with Gasteiger partial charge in [0.05, 0.1) is 0 Å². The molecule has 0 aromatic heterocycles. The largest absolute Gasteiger partial charge is 0.0616 e. The van der Waals surface area contributed by atoms with Crippen LogP contribution in [0, 0.1) is 12.1 Å². The van der Waals surface area contributed by atoms with Gasteiger partial charge in [0.15, 0.2) is 0 Å². The van der Waals surface area contributed by atoms with Crippen molar-refractivity contribution in [1.82, 2.24) is 0 Å². The van der Waals surface area contributed by atoms with E-state index in [0.29, 0.717) is 0 Å². The maximum atomic E-state index is 3.10. The molecule has 0 bridgehead atoms. The Morgan fingerprint density at radius 1 is 1.10 bits per heavy atom. The molecular formula is C10H6. The van der Waals surface area contributed by atoms with Crippen molar-refractivity contribution in [3.05, 3.63) is 48.5 Å². The molecule has 0 saturated heterocycles. The summed E-state index contributed by atoms with van der Waals surface area (Å²) in [4.78, 5) is 0. The smallest absolute Gasteiger partial charge is 0.00928 e. The normalized spacial score (nSPS) is 10.0. The van der Waals surface area contributed by atoms with Crippen molar-refractivity contribution in [2.45, 2.75) is 0 Å². The standard InChI is InChI=1S/C10H6/c1-2-6-10-8-4-3-7-9(10)5-1/h1-3,5-6,8H. The van der Waals surface area contributed by atoms with Crippen molar-refractivity contribution >= 4 is 10.8 Å². The Hall–Kier alpha value is -1.30. The summed E-state index contributed by atoms with van der Waals surface area (Å²) in [6, 6.07) is 18.0. The molecule has 0 heterocycles. The molecule has 0 N–H and O–H groups in total. The second-order valence-corrected chi connectivity index (χ2v) is 2.19. The van der Waals surface area contributed by atoms with Crippen molar-refractivity contribution in [2.24, 2.45) is 0 Å². The van der Waals surface area contributed by atoms with Gasteiger partial charge in [-0.25, -0.2) is 0 Å². The van der Waals surface area contributed by atoms with E-state index in [1.807, 2.05) is 30.3 Å². The number of hydrogen-bond acceptors (Lipinski definition) is 0. The van der Waals surface area contributed by atoms with E-state index in [1.165, 1.54) is 5.39 Å². The summed E-state index contributed by atoms with van der Waals surface area (Å²) in [6.07, 6.45) is 0. The molecule has 0 amide bonds. The molecule has 2 aromatic rings. The predicted molar refractivity (Wildman–Crippen MR) is 41.6 cm³/mol. The van der Waals surface area contributed by atoms with Crippen LogP contribution in [0.2, 0.25) is 0 Å². The Morgan fingerprint density at radius 3 is 2.90 bits per heavy atom. The lowest BCUT2D eigenvalue weighted by Gasteiger charge is -1.91. The van der Waals surface area contributed by atoms with E-state index in [2.05, 4.69) is 18.2 Å². The summed E-state index contributed by atoms with van der Waals surface area (Å²) >= 11 is 0. The first-order valence-electron chi connectivity index (χ1n) is 3.23. The molecule has 0 aliphatic rings. The monoisotopic (exact) mass is 126 g/mol. The Kier molecular flexibility index (Phi) is 1.17. The Labute approximate surface area is 60.1 Å². The van der Waals surface area contributed by atoms with Gasteiger partial charge < -0.3 is 0 Å². The first kappa shape index (κ1) is 5.48. The second kappa shape index (κ2) is 2.14. The highest BCUT2D eigenvalue weighted by molar-refractivity contribution is 5.81. The average molecular weight is 126 g/mol. The molecule has 0 aliphatic heterocycles. The van der Waals surface area contributed by atoms with Gasteiger partial charge in [0, 0.05) is 0 Å². The molecule has 10 heavy (non-hydrogen) atoms. The molecule has 0 aliphatic carbocycles. The molecular weight excluding hydrogens is 120 g/mol. The van der Waals surface area contributed by atoms with Crippen molar-refractivity contribution in [2.75, 3.05) is 0 Å². The van der Waals surface area contributed by atoms with Crippen LogP contribution in [-0.4, -0.2) is 0 Å². The van der Waals surface area contributed by atoms with E-state index in [9.17, 15) is 0 Å². The second-order valence-electron chi connectivity index (χ2n) is 2.19. The SMILES string of the molecule is [c]1c[c]c2ccccc2c1. The number of benzene rings is 2. The van der Waals surface area contributed by atoms with Crippen molar-refractivity contribution < 1.29 is 0 Å². The fourth-order valence-electron chi connectivity index (χ4n) is 1.01. The third kappa shape index (κ3) is 0.781. The highest BCUT2D eigenvalue weighted by atomic mass is 13.9. The van der Waals surface area contributed by atoms with Crippen LogP contribution in [-0.2, 0) is 0 Å². The topological polar surface area (TPSA) is 0 Å². The molecule has 0 atom stereocenters. The first-order valence-corrected chi connectivity index (χ1v) is 3.23.